The van der Waals surface area contributed by atoms with Crippen molar-refractivity contribution in [2.24, 2.45) is 0 Å². The number of fused-ring (bicyclic) bond motifs is 1. The molecule has 1 aliphatic rings. The third-order valence-electron chi connectivity index (χ3n) is 4.96. The zero-order chi connectivity index (χ0) is 19.8. The van der Waals surface area contributed by atoms with Gasteiger partial charge in [-0.05, 0) is 31.2 Å². The van der Waals surface area contributed by atoms with Crippen molar-refractivity contribution in [2.75, 3.05) is 17.3 Å². The number of carbonyl (C=O) groups excluding carboxylic acids is 2. The maximum atomic E-state index is 13.2. The van der Waals surface area contributed by atoms with Crippen molar-refractivity contribution in [3.05, 3.63) is 65.2 Å². The molecular formula is C21H19ClN4O2. The summed E-state index contributed by atoms with van der Waals surface area (Å²) in [6.07, 6.45) is 0.0458. The Kier molecular flexibility index (Phi) is 4.65. The van der Waals surface area contributed by atoms with Gasteiger partial charge in [-0.25, -0.2) is 4.68 Å². The smallest absolute Gasteiger partial charge is 0.252 e. The van der Waals surface area contributed by atoms with Gasteiger partial charge in [-0.2, -0.15) is 5.10 Å². The average molecular weight is 395 g/mol. The third-order valence-corrected chi connectivity index (χ3v) is 5.21. The van der Waals surface area contributed by atoms with Crippen LogP contribution in [0.2, 0.25) is 5.02 Å². The van der Waals surface area contributed by atoms with Gasteiger partial charge in [0.05, 0.1) is 12.1 Å². The highest BCUT2D eigenvalue weighted by molar-refractivity contribution is 6.30. The average Bonchev–Trinajstić information content (AvgIpc) is 3.04. The molecule has 1 atom stereocenters. The van der Waals surface area contributed by atoms with Crippen molar-refractivity contribution in [2.45, 2.75) is 19.4 Å². The summed E-state index contributed by atoms with van der Waals surface area (Å²) in [4.78, 5) is 27.0. The fourth-order valence-electron chi connectivity index (χ4n) is 3.41. The summed E-state index contributed by atoms with van der Waals surface area (Å²) >= 11 is 5.98. The van der Waals surface area contributed by atoms with E-state index < -0.39 is 6.04 Å². The molecule has 0 fully saturated rings. The van der Waals surface area contributed by atoms with E-state index in [0.717, 1.165) is 16.8 Å². The maximum absolute atomic E-state index is 13.2. The number of nitrogens with zero attached hydrogens (tertiary/aromatic N) is 3. The Bertz CT molecular complexity index is 1040. The number of halogens is 1. The fourth-order valence-corrected chi connectivity index (χ4v) is 3.54. The highest BCUT2D eigenvalue weighted by Crippen LogP contribution is 2.35. The Morgan fingerprint density at radius 3 is 2.54 bits per heavy atom. The highest BCUT2D eigenvalue weighted by atomic mass is 35.5. The molecule has 0 spiro atoms. The molecule has 28 heavy (non-hydrogen) atoms. The molecule has 1 aliphatic heterocycles. The minimum absolute atomic E-state index is 0.0458. The van der Waals surface area contributed by atoms with Gasteiger partial charge in [-0.1, -0.05) is 41.9 Å². The Hall–Kier alpha value is -3.12. The lowest BCUT2D eigenvalue weighted by Gasteiger charge is -2.28. The first kappa shape index (κ1) is 18.3. The van der Waals surface area contributed by atoms with Crippen LogP contribution >= 0.6 is 11.6 Å². The molecule has 1 aromatic heterocycles. The maximum Gasteiger partial charge on any atom is 0.252 e. The second-order valence-electron chi connectivity index (χ2n) is 6.77. The monoisotopic (exact) mass is 394 g/mol. The van der Waals surface area contributed by atoms with Gasteiger partial charge >= 0.3 is 0 Å². The Morgan fingerprint density at radius 2 is 1.86 bits per heavy atom. The number of amides is 2. The molecule has 2 aromatic carbocycles. The molecule has 2 heterocycles. The number of rotatable bonds is 3. The van der Waals surface area contributed by atoms with Crippen molar-refractivity contribution < 1.29 is 9.59 Å². The van der Waals surface area contributed by atoms with Crippen LogP contribution in [0.25, 0.3) is 11.3 Å². The molecule has 2 amide bonds. The first-order valence-electron chi connectivity index (χ1n) is 8.93. The van der Waals surface area contributed by atoms with Crippen LogP contribution in [0.4, 0.5) is 11.5 Å². The fraction of sp³-hybridized carbons (Fsp3) is 0.190. The van der Waals surface area contributed by atoms with E-state index in [9.17, 15) is 9.59 Å². The number of aromatic nitrogens is 2. The van der Waals surface area contributed by atoms with Crippen LogP contribution in [0.15, 0.2) is 54.6 Å². The lowest BCUT2D eigenvalue weighted by molar-refractivity contribution is -0.126. The molecule has 4 rings (SSSR count). The number of para-hydroxylation sites is 1. The van der Waals surface area contributed by atoms with Gasteiger partial charge in [0.2, 0.25) is 5.91 Å². The molecule has 6 nitrogen and oxygen atoms in total. The zero-order valence-electron chi connectivity index (χ0n) is 15.5. The van der Waals surface area contributed by atoms with E-state index in [0.29, 0.717) is 16.5 Å². The van der Waals surface area contributed by atoms with Crippen molar-refractivity contribution >= 4 is 34.9 Å². The lowest BCUT2D eigenvalue weighted by atomic mass is 10.1. The Morgan fingerprint density at radius 1 is 1.18 bits per heavy atom. The molecule has 7 heteroatoms. The Balaban J connectivity index is 1.74. The molecule has 0 bridgehead atoms. The van der Waals surface area contributed by atoms with Crippen LogP contribution in [-0.2, 0) is 9.59 Å². The van der Waals surface area contributed by atoms with Crippen LogP contribution in [0.1, 0.15) is 18.0 Å². The molecular weight excluding hydrogens is 376 g/mol. The van der Waals surface area contributed by atoms with Gasteiger partial charge in [0, 0.05) is 28.9 Å². The summed E-state index contributed by atoms with van der Waals surface area (Å²) in [7, 11) is 1.71. The van der Waals surface area contributed by atoms with E-state index in [2.05, 4.69) is 10.4 Å². The van der Waals surface area contributed by atoms with Gasteiger partial charge in [0.1, 0.15) is 11.9 Å². The largest absolute Gasteiger partial charge is 0.314 e. The quantitative estimate of drug-likeness (QED) is 0.728. The van der Waals surface area contributed by atoms with Crippen LogP contribution < -0.4 is 10.2 Å². The van der Waals surface area contributed by atoms with Gasteiger partial charge in [-0.15, -0.1) is 0 Å². The van der Waals surface area contributed by atoms with Gasteiger partial charge in [0.25, 0.3) is 5.91 Å². The molecule has 0 aliphatic carbocycles. The summed E-state index contributed by atoms with van der Waals surface area (Å²) in [6, 6.07) is 16.0. The summed E-state index contributed by atoms with van der Waals surface area (Å²) < 4.78 is 1.63. The standard InChI is InChI=1S/C21H19ClN4O2/c1-13-19(14-8-10-15(22)11-9-14)24-26-17(12-18(27)23-20(13)26)21(28)25(2)16-6-4-3-5-7-16/h3-11,17H,12H2,1-2H3,(H,23,27)/t17-/m1/s1. The number of benzene rings is 2. The number of anilines is 2. The van der Waals surface area contributed by atoms with Gasteiger partial charge in [0.15, 0.2) is 0 Å². The van der Waals surface area contributed by atoms with E-state index in [1.165, 1.54) is 0 Å². The summed E-state index contributed by atoms with van der Waals surface area (Å²) in [5.74, 6) is 0.173. The molecule has 0 saturated carbocycles. The number of hydrogen-bond donors (Lipinski definition) is 1. The van der Waals surface area contributed by atoms with Crippen molar-refractivity contribution in [3.8, 4) is 11.3 Å². The zero-order valence-corrected chi connectivity index (χ0v) is 16.3. The molecule has 1 N–H and O–H groups in total. The van der Waals surface area contributed by atoms with Crippen LogP contribution in [0.3, 0.4) is 0 Å². The molecule has 3 aromatic rings. The summed E-state index contributed by atoms with van der Waals surface area (Å²) in [5, 5.41) is 8.17. The molecule has 142 valence electrons. The highest BCUT2D eigenvalue weighted by Gasteiger charge is 2.35. The lowest BCUT2D eigenvalue weighted by Crippen LogP contribution is -2.40. The van der Waals surface area contributed by atoms with Crippen LogP contribution in [0.5, 0.6) is 0 Å². The number of nitrogens with one attached hydrogen (secondary N) is 1. The third kappa shape index (κ3) is 3.16. The van der Waals surface area contributed by atoms with Crippen molar-refractivity contribution in [1.82, 2.24) is 9.78 Å². The predicted molar refractivity (Wildman–Crippen MR) is 110 cm³/mol. The second kappa shape index (κ2) is 7.13. The molecule has 0 radical (unpaired) electrons. The van der Waals surface area contributed by atoms with E-state index >= 15 is 0 Å². The normalized spacial score (nSPS) is 15.7. The number of hydrogen-bond acceptors (Lipinski definition) is 3. The SMILES string of the molecule is Cc1c(-c2ccc(Cl)cc2)nn2c1NC(=O)C[C@@H]2C(=O)N(C)c1ccccc1. The van der Waals surface area contributed by atoms with E-state index in [1.807, 2.05) is 49.4 Å². The van der Waals surface area contributed by atoms with E-state index in [1.54, 1.807) is 28.8 Å². The molecule has 0 unspecified atom stereocenters. The molecule has 0 saturated heterocycles. The first-order chi connectivity index (χ1) is 13.5. The van der Waals surface area contributed by atoms with Crippen LogP contribution in [-0.4, -0.2) is 28.6 Å². The minimum Gasteiger partial charge on any atom is -0.314 e. The topological polar surface area (TPSA) is 67.2 Å². The van der Waals surface area contributed by atoms with Crippen LogP contribution in [0, 0.1) is 6.92 Å². The van der Waals surface area contributed by atoms with Crippen molar-refractivity contribution in [1.29, 1.82) is 0 Å². The van der Waals surface area contributed by atoms with E-state index in [4.69, 9.17) is 11.6 Å². The van der Waals surface area contributed by atoms with Gasteiger partial charge < -0.3 is 10.2 Å². The Labute approximate surface area is 167 Å². The summed E-state index contributed by atoms with van der Waals surface area (Å²) in [6.45, 7) is 1.89. The predicted octanol–water partition coefficient (Wildman–Crippen LogP) is 4.06. The first-order valence-corrected chi connectivity index (χ1v) is 9.31. The minimum atomic E-state index is -0.700. The summed E-state index contributed by atoms with van der Waals surface area (Å²) in [5.41, 5.74) is 3.17. The second-order valence-corrected chi connectivity index (χ2v) is 7.21. The van der Waals surface area contributed by atoms with E-state index in [-0.39, 0.29) is 18.2 Å². The number of carbonyl (C=O) groups is 2. The number of likely N-dealkylation sites (N-methyl/N-ethyl adjacent to an activating group) is 1. The van der Waals surface area contributed by atoms with Gasteiger partial charge in [-0.3, -0.25) is 9.59 Å². The van der Waals surface area contributed by atoms with Crippen molar-refractivity contribution in [3.63, 3.8) is 0 Å².